The van der Waals surface area contributed by atoms with Crippen LogP contribution in [0.1, 0.15) is 44.2 Å². The zero-order valence-corrected chi connectivity index (χ0v) is 11.1. The summed E-state index contributed by atoms with van der Waals surface area (Å²) in [5.41, 5.74) is 7.34. The first-order chi connectivity index (χ1) is 8.79. The van der Waals surface area contributed by atoms with Crippen LogP contribution < -0.4 is 10.5 Å². The van der Waals surface area contributed by atoms with Crippen molar-refractivity contribution in [1.82, 2.24) is 0 Å². The van der Waals surface area contributed by atoms with Gasteiger partial charge in [0.2, 0.25) is 0 Å². The maximum atomic E-state index is 6.18. The monoisotopic (exact) mass is 249 g/mol. The zero-order chi connectivity index (χ0) is 12.8. The topological polar surface area (TPSA) is 44.5 Å². The quantitative estimate of drug-likeness (QED) is 0.720. The van der Waals surface area contributed by atoms with Gasteiger partial charge in [-0.15, -0.1) is 0 Å². The molecule has 0 radical (unpaired) electrons. The average molecular weight is 249 g/mol. The average Bonchev–Trinajstić information content (AvgIpc) is 3.19. The van der Waals surface area contributed by atoms with E-state index < -0.39 is 0 Å². The zero-order valence-electron chi connectivity index (χ0n) is 11.1. The lowest BCUT2D eigenvalue weighted by Gasteiger charge is -2.13. The largest absolute Gasteiger partial charge is 0.490 e. The van der Waals surface area contributed by atoms with E-state index in [4.69, 9.17) is 15.2 Å². The van der Waals surface area contributed by atoms with Crippen LogP contribution in [-0.4, -0.2) is 19.3 Å². The van der Waals surface area contributed by atoms with Crippen molar-refractivity contribution in [1.29, 1.82) is 0 Å². The fraction of sp³-hybridized carbons (Fsp3) is 0.600. The highest BCUT2D eigenvalue weighted by atomic mass is 16.5. The molecular weight excluding hydrogens is 226 g/mol. The Bertz CT molecular complexity index is 363. The van der Waals surface area contributed by atoms with E-state index in [1.165, 1.54) is 12.8 Å². The smallest absolute Gasteiger partial charge is 0.120 e. The molecule has 0 spiro atoms. The molecule has 1 aliphatic rings. The van der Waals surface area contributed by atoms with Crippen molar-refractivity contribution in [3.8, 4) is 5.75 Å². The van der Waals surface area contributed by atoms with Crippen LogP contribution in [0.2, 0.25) is 0 Å². The van der Waals surface area contributed by atoms with Crippen molar-refractivity contribution in [3.05, 3.63) is 29.8 Å². The van der Waals surface area contributed by atoms with Crippen LogP contribution in [0.4, 0.5) is 0 Å². The maximum Gasteiger partial charge on any atom is 0.120 e. The predicted octanol–water partition coefficient (Wildman–Crippen LogP) is 3.04. The number of rotatable bonds is 8. The summed E-state index contributed by atoms with van der Waals surface area (Å²) in [6.07, 6.45) is 4.76. The Hall–Kier alpha value is -1.06. The van der Waals surface area contributed by atoms with E-state index in [-0.39, 0.29) is 6.04 Å². The summed E-state index contributed by atoms with van der Waals surface area (Å²) >= 11 is 0. The minimum Gasteiger partial charge on any atom is -0.490 e. The molecule has 0 aliphatic heterocycles. The van der Waals surface area contributed by atoms with E-state index in [2.05, 4.69) is 12.1 Å². The highest BCUT2D eigenvalue weighted by Crippen LogP contribution is 2.28. The molecule has 2 N–H and O–H groups in total. The summed E-state index contributed by atoms with van der Waals surface area (Å²) in [6, 6.07) is 8.26. The molecule has 1 fully saturated rings. The predicted molar refractivity (Wildman–Crippen MR) is 72.7 cm³/mol. The van der Waals surface area contributed by atoms with Crippen molar-refractivity contribution in [2.45, 2.75) is 44.8 Å². The number of hydrogen-bond donors (Lipinski definition) is 1. The molecule has 18 heavy (non-hydrogen) atoms. The molecular formula is C15H23NO2. The molecule has 0 saturated heterocycles. The van der Waals surface area contributed by atoms with Gasteiger partial charge in [0, 0.05) is 19.3 Å². The summed E-state index contributed by atoms with van der Waals surface area (Å²) in [5, 5.41) is 0. The van der Waals surface area contributed by atoms with E-state index in [9.17, 15) is 0 Å². The van der Waals surface area contributed by atoms with Gasteiger partial charge in [-0.25, -0.2) is 0 Å². The molecule has 100 valence electrons. The number of hydrogen-bond acceptors (Lipinski definition) is 3. The Morgan fingerprint density at radius 3 is 2.94 bits per heavy atom. The van der Waals surface area contributed by atoms with Gasteiger partial charge in [-0.05, 0) is 50.3 Å². The number of ether oxygens (including phenoxy) is 2. The lowest BCUT2D eigenvalue weighted by molar-refractivity contribution is 0.142. The molecule has 1 aliphatic carbocycles. The first-order valence-electron chi connectivity index (χ1n) is 6.89. The van der Waals surface area contributed by atoms with E-state index in [0.29, 0.717) is 6.10 Å². The second kappa shape index (κ2) is 6.76. The highest BCUT2D eigenvalue weighted by molar-refractivity contribution is 5.30. The van der Waals surface area contributed by atoms with E-state index in [1.807, 2.05) is 19.1 Å². The van der Waals surface area contributed by atoms with Crippen LogP contribution in [0.5, 0.6) is 5.75 Å². The highest BCUT2D eigenvalue weighted by Gasteiger charge is 2.23. The van der Waals surface area contributed by atoms with Gasteiger partial charge >= 0.3 is 0 Å². The molecule has 1 aromatic carbocycles. The maximum absolute atomic E-state index is 6.18. The van der Waals surface area contributed by atoms with Crippen LogP contribution in [0.3, 0.4) is 0 Å². The fourth-order valence-corrected chi connectivity index (χ4v) is 1.91. The molecule has 3 heteroatoms. The second-order valence-electron chi connectivity index (χ2n) is 4.84. The van der Waals surface area contributed by atoms with Gasteiger partial charge in [0.05, 0.1) is 6.10 Å². The van der Waals surface area contributed by atoms with Crippen molar-refractivity contribution in [2.75, 3.05) is 13.2 Å². The Morgan fingerprint density at radius 1 is 1.39 bits per heavy atom. The van der Waals surface area contributed by atoms with Crippen molar-refractivity contribution in [3.63, 3.8) is 0 Å². The minimum atomic E-state index is 0.0770. The molecule has 3 nitrogen and oxygen atoms in total. The fourth-order valence-electron chi connectivity index (χ4n) is 1.91. The first-order valence-corrected chi connectivity index (χ1v) is 6.89. The first kappa shape index (κ1) is 13.4. The third-order valence-corrected chi connectivity index (χ3v) is 3.12. The van der Waals surface area contributed by atoms with Crippen molar-refractivity contribution >= 4 is 0 Å². The van der Waals surface area contributed by atoms with E-state index in [0.717, 1.165) is 37.4 Å². The third-order valence-electron chi connectivity index (χ3n) is 3.12. The summed E-state index contributed by atoms with van der Waals surface area (Å²) in [4.78, 5) is 0. The molecule has 0 bridgehead atoms. The summed E-state index contributed by atoms with van der Waals surface area (Å²) < 4.78 is 11.1. The van der Waals surface area contributed by atoms with Gasteiger partial charge in [-0.1, -0.05) is 12.1 Å². The molecule has 0 aromatic heterocycles. The molecule has 1 aromatic rings. The summed E-state index contributed by atoms with van der Waals surface area (Å²) in [7, 11) is 0. The van der Waals surface area contributed by atoms with Crippen molar-refractivity contribution < 1.29 is 9.47 Å². The number of nitrogens with two attached hydrogens (primary N) is 1. The molecule has 0 amide bonds. The number of benzene rings is 1. The lowest BCUT2D eigenvalue weighted by Crippen LogP contribution is -2.11. The van der Waals surface area contributed by atoms with Gasteiger partial charge in [-0.3, -0.25) is 0 Å². The van der Waals surface area contributed by atoms with Crippen LogP contribution in [-0.2, 0) is 4.74 Å². The second-order valence-corrected chi connectivity index (χ2v) is 4.84. The van der Waals surface area contributed by atoms with Gasteiger partial charge in [0.25, 0.3) is 0 Å². The van der Waals surface area contributed by atoms with Gasteiger partial charge in [0.15, 0.2) is 0 Å². The Labute approximate surface area is 109 Å². The third kappa shape index (κ3) is 4.31. The van der Waals surface area contributed by atoms with Gasteiger partial charge in [0.1, 0.15) is 5.75 Å². The van der Waals surface area contributed by atoms with Crippen LogP contribution in [0, 0.1) is 0 Å². The Balaban J connectivity index is 1.82. The molecule has 1 atom stereocenters. The van der Waals surface area contributed by atoms with Crippen LogP contribution in [0.25, 0.3) is 0 Å². The Morgan fingerprint density at radius 2 is 2.22 bits per heavy atom. The van der Waals surface area contributed by atoms with E-state index >= 15 is 0 Å². The molecule has 2 rings (SSSR count). The van der Waals surface area contributed by atoms with Gasteiger partial charge in [-0.2, -0.15) is 0 Å². The molecule has 1 saturated carbocycles. The van der Waals surface area contributed by atoms with Crippen LogP contribution in [0.15, 0.2) is 24.3 Å². The van der Waals surface area contributed by atoms with Crippen LogP contribution >= 0.6 is 0 Å². The standard InChI is InChI=1S/C15H23NO2/c1-2-17-10-4-7-15(16)12-5-3-6-14(11-12)18-13-8-9-13/h3,5-6,11,13,15H,2,4,7-10,16H2,1H3. The minimum absolute atomic E-state index is 0.0770. The van der Waals surface area contributed by atoms with Gasteiger partial charge < -0.3 is 15.2 Å². The summed E-state index contributed by atoms with van der Waals surface area (Å²) in [5.74, 6) is 0.954. The normalized spacial score (nSPS) is 16.6. The molecule has 0 heterocycles. The lowest BCUT2D eigenvalue weighted by atomic mass is 10.0. The molecule has 1 unspecified atom stereocenters. The summed E-state index contributed by atoms with van der Waals surface area (Å²) in [6.45, 7) is 3.58. The van der Waals surface area contributed by atoms with Crippen molar-refractivity contribution in [2.24, 2.45) is 5.73 Å². The van der Waals surface area contributed by atoms with E-state index in [1.54, 1.807) is 0 Å². The SMILES string of the molecule is CCOCCCC(N)c1cccc(OC2CC2)c1. The Kier molecular flexibility index (Phi) is 5.02.